The van der Waals surface area contributed by atoms with Gasteiger partial charge >= 0.3 is 0 Å². The molecule has 0 amide bonds. The summed E-state index contributed by atoms with van der Waals surface area (Å²) >= 11 is 0. The highest BCUT2D eigenvalue weighted by atomic mass is 16.3. The Morgan fingerprint density at radius 2 is 1.83 bits per heavy atom. The summed E-state index contributed by atoms with van der Waals surface area (Å²) in [6.45, 7) is 2.96. The number of nitrogens with zero attached hydrogens (tertiary/aromatic N) is 1. The predicted octanol–water partition coefficient (Wildman–Crippen LogP) is 2.12. The van der Waals surface area contributed by atoms with E-state index in [1.807, 2.05) is 19.2 Å². The molecule has 0 aliphatic rings. The van der Waals surface area contributed by atoms with Crippen LogP contribution in [0.15, 0.2) is 36.4 Å². The fraction of sp³-hybridized carbons (Fsp3) is 0.333. The van der Waals surface area contributed by atoms with Crippen molar-refractivity contribution in [1.82, 2.24) is 0 Å². The molecule has 96 valence electrons. The average molecular weight is 244 g/mol. The van der Waals surface area contributed by atoms with Gasteiger partial charge in [0.05, 0.1) is 6.10 Å². The summed E-state index contributed by atoms with van der Waals surface area (Å²) in [5.41, 5.74) is 8.05. The van der Waals surface area contributed by atoms with Crippen LogP contribution in [-0.4, -0.2) is 24.8 Å². The second-order valence-corrected chi connectivity index (χ2v) is 4.72. The number of hydrogen-bond donors (Lipinski definition) is 2. The third-order valence-electron chi connectivity index (χ3n) is 3.16. The van der Waals surface area contributed by atoms with Crippen molar-refractivity contribution in [3.8, 4) is 0 Å². The molecule has 0 saturated heterocycles. The summed E-state index contributed by atoms with van der Waals surface area (Å²) in [6, 6.07) is 12.4. The first-order chi connectivity index (χ1) is 8.63. The van der Waals surface area contributed by atoms with Crippen molar-refractivity contribution in [3.63, 3.8) is 0 Å². The van der Waals surface area contributed by atoms with E-state index in [4.69, 9.17) is 5.73 Å². The van der Waals surface area contributed by atoms with E-state index in [9.17, 15) is 5.11 Å². The monoisotopic (exact) mass is 244 g/mol. The molecule has 18 heavy (non-hydrogen) atoms. The molecule has 0 aliphatic heterocycles. The highest BCUT2D eigenvalue weighted by Gasteiger charge is 2.09. The molecule has 0 aliphatic carbocycles. The lowest BCUT2D eigenvalue weighted by Gasteiger charge is -2.23. The lowest BCUT2D eigenvalue weighted by atomic mass is 10.0. The van der Waals surface area contributed by atoms with Gasteiger partial charge in [-0.15, -0.1) is 0 Å². The highest BCUT2D eigenvalue weighted by Crippen LogP contribution is 2.28. The van der Waals surface area contributed by atoms with Gasteiger partial charge in [0.1, 0.15) is 0 Å². The molecular formula is C15H20N2O. The second kappa shape index (κ2) is 5.38. The van der Waals surface area contributed by atoms with Crippen LogP contribution in [0.4, 0.5) is 5.69 Å². The fourth-order valence-corrected chi connectivity index (χ4v) is 2.35. The number of aliphatic hydroxyl groups is 1. The number of benzene rings is 2. The van der Waals surface area contributed by atoms with Gasteiger partial charge in [-0.2, -0.15) is 0 Å². The van der Waals surface area contributed by atoms with Crippen LogP contribution in [0, 0.1) is 0 Å². The largest absolute Gasteiger partial charge is 0.392 e. The van der Waals surface area contributed by atoms with E-state index in [1.54, 1.807) is 6.92 Å². The fourth-order valence-electron chi connectivity index (χ4n) is 2.35. The molecule has 0 radical (unpaired) electrons. The number of aliphatic hydroxyl groups excluding tert-OH is 1. The lowest BCUT2D eigenvalue weighted by Crippen LogP contribution is -2.27. The van der Waals surface area contributed by atoms with E-state index in [2.05, 4.69) is 29.2 Å². The van der Waals surface area contributed by atoms with Gasteiger partial charge < -0.3 is 15.7 Å². The summed E-state index contributed by atoms with van der Waals surface area (Å²) in [5.74, 6) is 0. The Morgan fingerprint density at radius 1 is 1.17 bits per heavy atom. The van der Waals surface area contributed by atoms with E-state index >= 15 is 0 Å². The Morgan fingerprint density at radius 3 is 2.44 bits per heavy atom. The minimum absolute atomic E-state index is 0.344. The zero-order valence-corrected chi connectivity index (χ0v) is 10.9. The Labute approximate surface area is 108 Å². The topological polar surface area (TPSA) is 49.5 Å². The number of hydrogen-bond acceptors (Lipinski definition) is 3. The standard InChI is InChI=1S/C15H20N2O/c1-11(18)10-17(2)15-8-7-12(9-16)13-5-3-4-6-14(13)15/h3-8,11,18H,9-10,16H2,1-2H3. The van der Waals surface area contributed by atoms with Crippen LogP contribution in [-0.2, 0) is 6.54 Å². The van der Waals surface area contributed by atoms with Gasteiger partial charge in [0.15, 0.2) is 0 Å². The van der Waals surface area contributed by atoms with Crippen molar-refractivity contribution in [2.45, 2.75) is 19.6 Å². The van der Waals surface area contributed by atoms with Gasteiger partial charge in [-0.1, -0.05) is 30.3 Å². The Kier molecular flexibility index (Phi) is 3.84. The molecule has 0 spiro atoms. The summed E-state index contributed by atoms with van der Waals surface area (Å²) in [7, 11) is 2.00. The van der Waals surface area contributed by atoms with Gasteiger partial charge in [0.25, 0.3) is 0 Å². The van der Waals surface area contributed by atoms with Crippen LogP contribution < -0.4 is 10.6 Å². The molecule has 3 N–H and O–H groups in total. The molecule has 3 nitrogen and oxygen atoms in total. The van der Waals surface area contributed by atoms with Crippen molar-refractivity contribution in [2.24, 2.45) is 5.73 Å². The zero-order valence-electron chi connectivity index (χ0n) is 10.9. The molecule has 0 bridgehead atoms. The molecule has 0 saturated carbocycles. The molecule has 1 unspecified atom stereocenters. The number of nitrogens with two attached hydrogens (primary N) is 1. The van der Waals surface area contributed by atoms with Crippen molar-refractivity contribution < 1.29 is 5.11 Å². The van der Waals surface area contributed by atoms with Crippen LogP contribution in [0.3, 0.4) is 0 Å². The third-order valence-corrected chi connectivity index (χ3v) is 3.16. The maximum Gasteiger partial charge on any atom is 0.0686 e. The Balaban J connectivity index is 2.52. The van der Waals surface area contributed by atoms with E-state index in [1.165, 1.54) is 10.8 Å². The summed E-state index contributed by atoms with van der Waals surface area (Å²) in [5, 5.41) is 11.9. The second-order valence-electron chi connectivity index (χ2n) is 4.72. The molecule has 2 aromatic rings. The molecule has 0 aromatic heterocycles. The Hall–Kier alpha value is -1.58. The minimum Gasteiger partial charge on any atom is -0.392 e. The first kappa shape index (κ1) is 12.9. The van der Waals surface area contributed by atoms with Crippen LogP contribution in [0.5, 0.6) is 0 Å². The maximum absolute atomic E-state index is 9.50. The number of fused-ring (bicyclic) bond motifs is 1. The van der Waals surface area contributed by atoms with Crippen LogP contribution >= 0.6 is 0 Å². The molecule has 3 heteroatoms. The smallest absolute Gasteiger partial charge is 0.0686 e. The predicted molar refractivity (Wildman–Crippen MR) is 76.8 cm³/mol. The van der Waals surface area contributed by atoms with Gasteiger partial charge in [-0.3, -0.25) is 0 Å². The van der Waals surface area contributed by atoms with Gasteiger partial charge in [0.2, 0.25) is 0 Å². The van der Waals surface area contributed by atoms with Crippen molar-refractivity contribution in [1.29, 1.82) is 0 Å². The van der Waals surface area contributed by atoms with E-state index in [-0.39, 0.29) is 6.10 Å². The molecule has 0 heterocycles. The van der Waals surface area contributed by atoms with E-state index in [0.29, 0.717) is 13.1 Å². The molecule has 2 aromatic carbocycles. The molecular weight excluding hydrogens is 224 g/mol. The highest BCUT2D eigenvalue weighted by molar-refractivity contribution is 5.96. The first-order valence-corrected chi connectivity index (χ1v) is 6.23. The molecule has 1 atom stereocenters. The Bertz CT molecular complexity index is 537. The summed E-state index contributed by atoms with van der Waals surface area (Å²) in [4.78, 5) is 2.08. The van der Waals surface area contributed by atoms with Crippen LogP contribution in [0.2, 0.25) is 0 Å². The van der Waals surface area contributed by atoms with E-state index in [0.717, 1.165) is 11.3 Å². The SMILES string of the molecule is CC(O)CN(C)c1ccc(CN)c2ccccc12. The normalized spacial score (nSPS) is 12.7. The summed E-state index contributed by atoms with van der Waals surface area (Å²) in [6.07, 6.45) is -0.344. The number of anilines is 1. The average Bonchev–Trinajstić information content (AvgIpc) is 2.36. The van der Waals surface area contributed by atoms with Gasteiger partial charge in [-0.25, -0.2) is 0 Å². The quantitative estimate of drug-likeness (QED) is 0.866. The first-order valence-electron chi connectivity index (χ1n) is 6.23. The third kappa shape index (κ3) is 2.47. The van der Waals surface area contributed by atoms with E-state index < -0.39 is 0 Å². The minimum atomic E-state index is -0.344. The number of likely N-dealkylation sites (N-methyl/N-ethyl adjacent to an activating group) is 1. The lowest BCUT2D eigenvalue weighted by molar-refractivity contribution is 0.202. The van der Waals surface area contributed by atoms with Crippen LogP contribution in [0.1, 0.15) is 12.5 Å². The van der Waals surface area contributed by atoms with Gasteiger partial charge in [-0.05, 0) is 23.9 Å². The van der Waals surface area contributed by atoms with Gasteiger partial charge in [0, 0.05) is 31.2 Å². The number of rotatable bonds is 4. The van der Waals surface area contributed by atoms with Crippen molar-refractivity contribution in [2.75, 3.05) is 18.5 Å². The zero-order chi connectivity index (χ0) is 13.1. The van der Waals surface area contributed by atoms with Crippen LogP contribution in [0.25, 0.3) is 10.8 Å². The molecule has 2 rings (SSSR count). The van der Waals surface area contributed by atoms with Crippen molar-refractivity contribution in [3.05, 3.63) is 42.0 Å². The molecule has 0 fully saturated rings. The summed E-state index contributed by atoms with van der Waals surface area (Å²) < 4.78 is 0. The van der Waals surface area contributed by atoms with Crippen molar-refractivity contribution >= 4 is 16.5 Å². The maximum atomic E-state index is 9.50.